The average Bonchev–Trinajstić information content (AvgIpc) is 3.19. The number of hydrogen-bond acceptors (Lipinski definition) is 6. The molecule has 0 aliphatic rings. The van der Waals surface area contributed by atoms with Crippen LogP contribution in [0.15, 0.2) is 35.0 Å². The summed E-state index contributed by atoms with van der Waals surface area (Å²) in [6, 6.07) is 6.32. The van der Waals surface area contributed by atoms with E-state index in [0.29, 0.717) is 23.7 Å². The standard InChI is InChI=1S/C17H19N3O5S/c1-3-25-13-5-4-11(8-14(13)24-2)17(23)20-19-15(21)9-18-16(22)12-6-7-26-10-12/h4-8,10H,3,9H2,1-2H3,(H,18,22)(H,19,21)(H,20,23). The fourth-order valence-corrected chi connectivity index (χ4v) is 2.62. The monoisotopic (exact) mass is 377 g/mol. The van der Waals surface area contributed by atoms with E-state index < -0.39 is 11.8 Å². The van der Waals surface area contributed by atoms with Gasteiger partial charge in [0.05, 0.1) is 20.3 Å². The van der Waals surface area contributed by atoms with Gasteiger partial charge in [-0.25, -0.2) is 0 Å². The molecule has 0 spiro atoms. The molecule has 0 aliphatic heterocycles. The summed E-state index contributed by atoms with van der Waals surface area (Å²) in [4.78, 5) is 35.6. The third-order valence-corrected chi connectivity index (χ3v) is 3.92. The molecule has 1 heterocycles. The van der Waals surface area contributed by atoms with Crippen molar-refractivity contribution in [2.24, 2.45) is 0 Å². The second kappa shape index (κ2) is 9.42. The van der Waals surface area contributed by atoms with Crippen molar-refractivity contribution in [1.29, 1.82) is 0 Å². The minimum absolute atomic E-state index is 0.262. The van der Waals surface area contributed by atoms with E-state index in [1.807, 2.05) is 6.92 Å². The first-order valence-corrected chi connectivity index (χ1v) is 8.69. The lowest BCUT2D eigenvalue weighted by molar-refractivity contribution is -0.120. The zero-order valence-electron chi connectivity index (χ0n) is 14.3. The highest BCUT2D eigenvalue weighted by molar-refractivity contribution is 7.08. The fourth-order valence-electron chi connectivity index (χ4n) is 1.98. The van der Waals surface area contributed by atoms with Gasteiger partial charge in [-0.1, -0.05) is 0 Å². The molecule has 2 rings (SSSR count). The highest BCUT2D eigenvalue weighted by atomic mass is 32.1. The predicted octanol–water partition coefficient (Wildman–Crippen LogP) is 1.35. The maximum absolute atomic E-state index is 12.1. The number of methoxy groups -OCH3 is 1. The third-order valence-electron chi connectivity index (χ3n) is 3.23. The van der Waals surface area contributed by atoms with Gasteiger partial charge in [-0.2, -0.15) is 11.3 Å². The van der Waals surface area contributed by atoms with Crippen LogP contribution >= 0.6 is 11.3 Å². The molecule has 0 bridgehead atoms. The summed E-state index contributed by atoms with van der Waals surface area (Å²) < 4.78 is 10.6. The Labute approximate surface area is 154 Å². The van der Waals surface area contributed by atoms with Crippen LogP contribution in [0, 0.1) is 0 Å². The van der Waals surface area contributed by atoms with Crippen LogP contribution < -0.4 is 25.6 Å². The van der Waals surface area contributed by atoms with E-state index in [4.69, 9.17) is 9.47 Å². The second-order valence-corrected chi connectivity index (χ2v) is 5.78. The fraction of sp³-hybridized carbons (Fsp3) is 0.235. The van der Waals surface area contributed by atoms with Crippen LogP contribution in [0.2, 0.25) is 0 Å². The van der Waals surface area contributed by atoms with Gasteiger partial charge in [0.1, 0.15) is 0 Å². The Bertz CT molecular complexity index is 777. The number of hydrogen-bond donors (Lipinski definition) is 3. The van der Waals surface area contributed by atoms with Gasteiger partial charge in [0.2, 0.25) is 0 Å². The van der Waals surface area contributed by atoms with Gasteiger partial charge in [-0.3, -0.25) is 25.2 Å². The lowest BCUT2D eigenvalue weighted by Gasteiger charge is -2.12. The van der Waals surface area contributed by atoms with Gasteiger partial charge in [0.15, 0.2) is 11.5 Å². The Kier molecular flexibility index (Phi) is 6.98. The molecule has 26 heavy (non-hydrogen) atoms. The van der Waals surface area contributed by atoms with E-state index in [0.717, 1.165) is 0 Å². The molecule has 2 aromatic rings. The van der Waals surface area contributed by atoms with E-state index in [1.165, 1.54) is 24.5 Å². The molecule has 0 radical (unpaired) electrons. The molecule has 8 nitrogen and oxygen atoms in total. The first-order valence-electron chi connectivity index (χ1n) is 7.75. The van der Waals surface area contributed by atoms with Gasteiger partial charge in [-0.05, 0) is 36.6 Å². The van der Waals surface area contributed by atoms with Crippen LogP contribution in [-0.2, 0) is 4.79 Å². The molecule has 1 aromatic heterocycles. The van der Waals surface area contributed by atoms with Crippen LogP contribution in [0.4, 0.5) is 0 Å². The first kappa shape index (κ1) is 19.3. The number of carbonyl (C=O) groups is 3. The highest BCUT2D eigenvalue weighted by Gasteiger charge is 2.13. The summed E-state index contributed by atoms with van der Waals surface area (Å²) >= 11 is 1.38. The van der Waals surface area contributed by atoms with E-state index in [9.17, 15) is 14.4 Å². The van der Waals surface area contributed by atoms with Crippen molar-refractivity contribution in [3.63, 3.8) is 0 Å². The summed E-state index contributed by atoms with van der Waals surface area (Å²) in [5.41, 5.74) is 5.28. The minimum atomic E-state index is -0.556. The Balaban J connectivity index is 1.84. The maximum Gasteiger partial charge on any atom is 0.269 e. The van der Waals surface area contributed by atoms with E-state index in [2.05, 4.69) is 16.2 Å². The summed E-state index contributed by atoms with van der Waals surface area (Å²) in [5.74, 6) is -0.506. The van der Waals surface area contributed by atoms with Crippen molar-refractivity contribution >= 4 is 29.1 Å². The lowest BCUT2D eigenvalue weighted by Crippen LogP contribution is -2.46. The summed E-state index contributed by atoms with van der Waals surface area (Å²) in [5, 5.41) is 5.90. The summed E-state index contributed by atoms with van der Waals surface area (Å²) in [7, 11) is 1.47. The molecule has 0 saturated heterocycles. The Morgan fingerprint density at radius 2 is 1.85 bits per heavy atom. The topological polar surface area (TPSA) is 106 Å². The second-order valence-electron chi connectivity index (χ2n) is 5.00. The van der Waals surface area contributed by atoms with Crippen molar-refractivity contribution in [1.82, 2.24) is 16.2 Å². The number of thiophene rings is 1. The molecule has 0 atom stereocenters. The molecule has 138 valence electrons. The summed E-state index contributed by atoms with van der Waals surface area (Å²) in [6.45, 7) is 2.05. The zero-order valence-corrected chi connectivity index (χ0v) is 15.1. The van der Waals surface area contributed by atoms with Crippen LogP contribution in [0.25, 0.3) is 0 Å². The minimum Gasteiger partial charge on any atom is -0.493 e. The molecular weight excluding hydrogens is 358 g/mol. The molecule has 3 N–H and O–H groups in total. The van der Waals surface area contributed by atoms with Crippen molar-refractivity contribution in [2.75, 3.05) is 20.3 Å². The molecule has 0 unspecified atom stereocenters. The number of ether oxygens (including phenoxy) is 2. The number of carbonyl (C=O) groups excluding carboxylic acids is 3. The summed E-state index contributed by atoms with van der Waals surface area (Å²) in [6.07, 6.45) is 0. The van der Waals surface area contributed by atoms with Crippen molar-refractivity contribution in [3.8, 4) is 11.5 Å². The van der Waals surface area contributed by atoms with E-state index >= 15 is 0 Å². The third kappa shape index (κ3) is 5.21. The Morgan fingerprint density at radius 1 is 1.04 bits per heavy atom. The number of nitrogens with one attached hydrogen (secondary N) is 3. The van der Waals surface area contributed by atoms with Crippen molar-refractivity contribution < 1.29 is 23.9 Å². The molecule has 0 fully saturated rings. The van der Waals surface area contributed by atoms with Gasteiger partial charge < -0.3 is 14.8 Å². The van der Waals surface area contributed by atoms with E-state index in [1.54, 1.807) is 29.0 Å². The normalized spacial score (nSPS) is 9.92. The Hall–Kier alpha value is -3.07. The predicted molar refractivity (Wildman–Crippen MR) is 96.4 cm³/mol. The molecule has 9 heteroatoms. The smallest absolute Gasteiger partial charge is 0.269 e. The van der Waals surface area contributed by atoms with Crippen LogP contribution in [0.5, 0.6) is 11.5 Å². The molecule has 3 amide bonds. The highest BCUT2D eigenvalue weighted by Crippen LogP contribution is 2.27. The molecule has 0 saturated carbocycles. The van der Waals surface area contributed by atoms with Crippen LogP contribution in [0.1, 0.15) is 27.6 Å². The van der Waals surface area contributed by atoms with E-state index in [-0.39, 0.29) is 18.0 Å². The zero-order chi connectivity index (χ0) is 18.9. The quantitative estimate of drug-likeness (QED) is 0.632. The Morgan fingerprint density at radius 3 is 2.50 bits per heavy atom. The van der Waals surface area contributed by atoms with Crippen LogP contribution in [0.3, 0.4) is 0 Å². The van der Waals surface area contributed by atoms with Crippen LogP contribution in [-0.4, -0.2) is 38.0 Å². The van der Waals surface area contributed by atoms with Gasteiger partial charge in [-0.15, -0.1) is 0 Å². The average molecular weight is 377 g/mol. The SMILES string of the molecule is CCOc1ccc(C(=O)NNC(=O)CNC(=O)c2ccsc2)cc1OC. The molecule has 1 aromatic carbocycles. The molecule has 0 aliphatic carbocycles. The first-order chi connectivity index (χ1) is 12.5. The molecular formula is C17H19N3O5S. The largest absolute Gasteiger partial charge is 0.493 e. The number of amides is 3. The van der Waals surface area contributed by atoms with Crippen molar-refractivity contribution in [3.05, 3.63) is 46.2 Å². The number of benzene rings is 1. The maximum atomic E-state index is 12.1. The van der Waals surface area contributed by atoms with Gasteiger partial charge in [0, 0.05) is 16.5 Å². The van der Waals surface area contributed by atoms with Crippen molar-refractivity contribution in [2.45, 2.75) is 6.92 Å². The van der Waals surface area contributed by atoms with Gasteiger partial charge >= 0.3 is 0 Å². The lowest BCUT2D eigenvalue weighted by atomic mass is 10.2. The number of rotatable bonds is 7. The van der Waals surface area contributed by atoms with Gasteiger partial charge in [0.25, 0.3) is 17.7 Å². The number of hydrazine groups is 1.